The average Bonchev–Trinajstić information content (AvgIpc) is 2.86. The molecule has 4 nitrogen and oxygen atoms in total. The van der Waals surface area contributed by atoms with Crippen molar-refractivity contribution in [3.63, 3.8) is 0 Å². The van der Waals surface area contributed by atoms with Crippen molar-refractivity contribution in [1.82, 2.24) is 19.9 Å². The van der Waals surface area contributed by atoms with Gasteiger partial charge in [0.05, 0.1) is 6.20 Å². The Balaban J connectivity index is 0.000000640. The first kappa shape index (κ1) is 13.2. The highest BCUT2D eigenvalue weighted by molar-refractivity contribution is 5.85. The van der Waals surface area contributed by atoms with E-state index in [1.54, 1.807) is 12.5 Å². The zero-order valence-corrected chi connectivity index (χ0v) is 10.4. The summed E-state index contributed by atoms with van der Waals surface area (Å²) in [6.07, 6.45) is 8.50. The minimum absolute atomic E-state index is 0. The number of hydrogen-bond donors (Lipinski definition) is 1. The Labute approximate surface area is 106 Å². The molecule has 0 atom stereocenters. The van der Waals surface area contributed by atoms with Gasteiger partial charge >= 0.3 is 0 Å². The summed E-state index contributed by atoms with van der Waals surface area (Å²) in [5, 5.41) is 0. The van der Waals surface area contributed by atoms with Crippen LogP contribution in [0.4, 0.5) is 0 Å². The van der Waals surface area contributed by atoms with Gasteiger partial charge in [-0.15, -0.1) is 24.8 Å². The first-order valence-corrected chi connectivity index (χ1v) is 5.09. The molecule has 2 heterocycles. The van der Waals surface area contributed by atoms with Gasteiger partial charge in [0.2, 0.25) is 0 Å². The fraction of sp³-hybridized carbons (Fsp3) is 0.500. The monoisotopic (exact) mass is 260 g/mol. The van der Waals surface area contributed by atoms with Crippen LogP contribution in [0.15, 0.2) is 12.5 Å². The molecule has 1 N–H and O–H groups in total. The van der Waals surface area contributed by atoms with Gasteiger partial charge in [-0.2, -0.15) is 0 Å². The van der Waals surface area contributed by atoms with Crippen molar-refractivity contribution in [3.05, 3.63) is 18.3 Å². The average molecular weight is 261 g/mol. The summed E-state index contributed by atoms with van der Waals surface area (Å²) in [5.74, 6) is 1.71. The van der Waals surface area contributed by atoms with Crippen LogP contribution in [0.25, 0.3) is 11.2 Å². The number of halogens is 2. The lowest BCUT2D eigenvalue weighted by Crippen LogP contribution is -1.94. The van der Waals surface area contributed by atoms with E-state index in [1.165, 1.54) is 25.7 Å². The lowest BCUT2D eigenvalue weighted by Gasteiger charge is -2.02. The Morgan fingerprint density at radius 1 is 1.19 bits per heavy atom. The maximum Gasteiger partial charge on any atom is 0.180 e. The highest BCUT2D eigenvalue weighted by Gasteiger charge is 2.20. The molecule has 16 heavy (non-hydrogen) atoms. The van der Waals surface area contributed by atoms with Crippen molar-refractivity contribution >= 4 is 36.0 Å². The molecule has 1 aliphatic rings. The number of rotatable bonds is 1. The summed E-state index contributed by atoms with van der Waals surface area (Å²) in [6, 6.07) is 0. The SMILES string of the molecule is Cl.Cl.c1ncc2[nH]c(C3CCCC3)nc2n1. The Kier molecular flexibility index (Phi) is 4.50. The van der Waals surface area contributed by atoms with Crippen LogP contribution in [0.5, 0.6) is 0 Å². The van der Waals surface area contributed by atoms with Crippen molar-refractivity contribution in [1.29, 1.82) is 0 Å². The number of nitrogens with zero attached hydrogens (tertiary/aromatic N) is 3. The second-order valence-electron chi connectivity index (χ2n) is 3.86. The maximum atomic E-state index is 4.49. The third-order valence-corrected chi connectivity index (χ3v) is 2.92. The first-order valence-electron chi connectivity index (χ1n) is 5.09. The van der Waals surface area contributed by atoms with Gasteiger partial charge in [0.25, 0.3) is 0 Å². The molecule has 1 aliphatic carbocycles. The molecule has 2 aromatic heterocycles. The Morgan fingerprint density at radius 2 is 1.94 bits per heavy atom. The number of hydrogen-bond acceptors (Lipinski definition) is 3. The van der Waals surface area contributed by atoms with Crippen LogP contribution in [-0.2, 0) is 0 Å². The molecule has 0 amide bonds. The molecule has 1 fully saturated rings. The maximum absolute atomic E-state index is 4.49. The van der Waals surface area contributed by atoms with E-state index >= 15 is 0 Å². The van der Waals surface area contributed by atoms with Gasteiger partial charge in [0.1, 0.15) is 17.7 Å². The van der Waals surface area contributed by atoms with Crippen molar-refractivity contribution in [3.8, 4) is 0 Å². The van der Waals surface area contributed by atoms with E-state index in [-0.39, 0.29) is 24.8 Å². The zero-order valence-electron chi connectivity index (χ0n) is 8.72. The highest BCUT2D eigenvalue weighted by Crippen LogP contribution is 2.32. The molecule has 6 heteroatoms. The molecule has 0 spiro atoms. The number of H-pyrrole nitrogens is 1. The fourth-order valence-electron chi connectivity index (χ4n) is 2.17. The minimum Gasteiger partial charge on any atom is -0.339 e. The van der Waals surface area contributed by atoms with Gasteiger partial charge in [-0.3, -0.25) is 0 Å². The van der Waals surface area contributed by atoms with Crippen molar-refractivity contribution < 1.29 is 0 Å². The van der Waals surface area contributed by atoms with Gasteiger partial charge in [-0.05, 0) is 12.8 Å². The standard InChI is InChI=1S/C10H12N4.2ClH/c1-2-4-7(3-1)9-13-8-5-11-6-12-10(8)14-9;;/h5-7H,1-4H2,(H,11,12,13,14);2*1H. The smallest absolute Gasteiger partial charge is 0.180 e. The van der Waals surface area contributed by atoms with Crippen molar-refractivity contribution in [2.45, 2.75) is 31.6 Å². The largest absolute Gasteiger partial charge is 0.339 e. The second-order valence-corrected chi connectivity index (χ2v) is 3.86. The third-order valence-electron chi connectivity index (χ3n) is 2.92. The first-order chi connectivity index (χ1) is 6.93. The fourth-order valence-corrected chi connectivity index (χ4v) is 2.17. The third kappa shape index (κ3) is 2.28. The molecule has 0 aromatic carbocycles. The van der Waals surface area contributed by atoms with Crippen LogP contribution < -0.4 is 0 Å². The van der Waals surface area contributed by atoms with Gasteiger partial charge in [-0.25, -0.2) is 15.0 Å². The lowest BCUT2D eigenvalue weighted by molar-refractivity contribution is 0.681. The zero-order chi connectivity index (χ0) is 9.38. The quantitative estimate of drug-likeness (QED) is 0.858. The summed E-state index contributed by atoms with van der Waals surface area (Å²) in [4.78, 5) is 15.9. The molecule has 0 unspecified atom stereocenters. The molecule has 1 saturated carbocycles. The van der Waals surface area contributed by atoms with Gasteiger partial charge in [0.15, 0.2) is 5.65 Å². The Bertz CT molecular complexity index is 418. The van der Waals surface area contributed by atoms with Crippen LogP contribution in [0.2, 0.25) is 0 Å². The molecule has 0 saturated heterocycles. The Hall–Kier alpha value is -0.870. The molecular weight excluding hydrogens is 247 g/mol. The van der Waals surface area contributed by atoms with E-state index in [0.717, 1.165) is 17.0 Å². The molecular formula is C10H14Cl2N4. The van der Waals surface area contributed by atoms with Crippen molar-refractivity contribution in [2.75, 3.05) is 0 Å². The second kappa shape index (κ2) is 5.46. The van der Waals surface area contributed by atoms with Crippen molar-refractivity contribution in [2.24, 2.45) is 0 Å². The topological polar surface area (TPSA) is 54.5 Å². The molecule has 0 radical (unpaired) electrons. The summed E-state index contributed by atoms with van der Waals surface area (Å²) < 4.78 is 0. The molecule has 88 valence electrons. The predicted molar refractivity (Wildman–Crippen MR) is 67.4 cm³/mol. The van der Waals surface area contributed by atoms with E-state index in [0.29, 0.717) is 5.92 Å². The van der Waals surface area contributed by atoms with Crippen LogP contribution in [0.1, 0.15) is 37.4 Å². The van der Waals surface area contributed by atoms with E-state index in [2.05, 4.69) is 19.9 Å². The normalized spacial score (nSPS) is 15.8. The molecule has 0 aliphatic heterocycles. The summed E-state index contributed by atoms with van der Waals surface area (Å²) in [7, 11) is 0. The van der Waals surface area contributed by atoms with Crippen LogP contribution in [-0.4, -0.2) is 19.9 Å². The molecule has 3 rings (SSSR count). The number of fused-ring (bicyclic) bond motifs is 1. The van der Waals surface area contributed by atoms with E-state index in [9.17, 15) is 0 Å². The number of nitrogens with one attached hydrogen (secondary N) is 1. The number of imidazole rings is 1. The summed E-state index contributed by atoms with van der Waals surface area (Å²) in [5.41, 5.74) is 1.75. The minimum atomic E-state index is 0. The van der Waals surface area contributed by atoms with Crippen LogP contribution >= 0.6 is 24.8 Å². The van der Waals surface area contributed by atoms with E-state index in [1.807, 2.05) is 0 Å². The predicted octanol–water partition coefficient (Wildman–Crippen LogP) is 2.85. The summed E-state index contributed by atoms with van der Waals surface area (Å²) in [6.45, 7) is 0. The van der Waals surface area contributed by atoms with Gasteiger partial charge in [0, 0.05) is 5.92 Å². The van der Waals surface area contributed by atoms with Gasteiger partial charge in [-0.1, -0.05) is 12.8 Å². The molecule has 2 aromatic rings. The highest BCUT2D eigenvalue weighted by atomic mass is 35.5. The van der Waals surface area contributed by atoms with Gasteiger partial charge < -0.3 is 4.98 Å². The number of aromatic amines is 1. The summed E-state index contributed by atoms with van der Waals surface area (Å²) >= 11 is 0. The Morgan fingerprint density at radius 3 is 2.62 bits per heavy atom. The number of aromatic nitrogens is 4. The molecule has 0 bridgehead atoms. The van der Waals surface area contributed by atoms with Crippen LogP contribution in [0.3, 0.4) is 0 Å². The lowest BCUT2D eigenvalue weighted by atomic mass is 10.1. The van der Waals surface area contributed by atoms with Crippen LogP contribution in [0, 0.1) is 0 Å². The van der Waals surface area contributed by atoms with E-state index < -0.39 is 0 Å². The van der Waals surface area contributed by atoms with E-state index in [4.69, 9.17) is 0 Å².